The van der Waals surface area contributed by atoms with Crippen LogP contribution < -0.4 is 0 Å². The zero-order chi connectivity index (χ0) is 17.4. The predicted octanol–water partition coefficient (Wildman–Crippen LogP) is 3.10. The number of benzene rings is 1. The number of ether oxygens (including phenoxy) is 1. The highest BCUT2D eigenvalue weighted by molar-refractivity contribution is 6.06. The third kappa shape index (κ3) is 2.71. The zero-order valence-electron chi connectivity index (χ0n) is 14.0. The summed E-state index contributed by atoms with van der Waals surface area (Å²) in [5, 5.41) is 0.791. The minimum Gasteiger partial charge on any atom is -0.454 e. The summed E-state index contributed by atoms with van der Waals surface area (Å²) in [6, 6.07) is 11.1. The molecule has 4 rings (SSSR count). The predicted molar refractivity (Wildman–Crippen MR) is 93.8 cm³/mol. The molecule has 1 aliphatic carbocycles. The Morgan fingerprint density at radius 3 is 2.80 bits per heavy atom. The van der Waals surface area contributed by atoms with Gasteiger partial charge in [0.2, 0.25) is 5.78 Å². The average molecular weight is 334 g/mol. The van der Waals surface area contributed by atoms with Crippen LogP contribution in [0, 0.1) is 0 Å². The molecule has 0 bridgehead atoms. The van der Waals surface area contributed by atoms with Gasteiger partial charge in [-0.15, -0.1) is 0 Å². The van der Waals surface area contributed by atoms with E-state index in [1.807, 2.05) is 24.3 Å². The molecule has 0 N–H and O–H groups in total. The van der Waals surface area contributed by atoms with Crippen molar-refractivity contribution in [3.05, 3.63) is 65.1 Å². The number of para-hydroxylation sites is 1. The molecule has 2 heterocycles. The molecule has 0 radical (unpaired) electrons. The first-order valence-corrected chi connectivity index (χ1v) is 8.37. The maximum Gasteiger partial charge on any atom is 0.339 e. The van der Waals surface area contributed by atoms with Crippen molar-refractivity contribution in [3.63, 3.8) is 0 Å². The van der Waals surface area contributed by atoms with E-state index in [-0.39, 0.29) is 12.4 Å². The number of esters is 1. The van der Waals surface area contributed by atoms with Crippen LogP contribution in [0.5, 0.6) is 0 Å². The van der Waals surface area contributed by atoms with Crippen LogP contribution in [0.1, 0.15) is 38.5 Å². The van der Waals surface area contributed by atoms with Gasteiger partial charge in [-0.2, -0.15) is 0 Å². The molecule has 0 saturated heterocycles. The van der Waals surface area contributed by atoms with Crippen LogP contribution in [0.2, 0.25) is 0 Å². The number of aryl methyl sites for hydroxylation is 2. The number of carbonyl (C=O) groups excluding carboxylic acids is 2. The van der Waals surface area contributed by atoms with E-state index in [0.29, 0.717) is 11.3 Å². The van der Waals surface area contributed by atoms with Gasteiger partial charge in [-0.05, 0) is 43.0 Å². The maximum atomic E-state index is 12.8. The Kier molecular flexibility index (Phi) is 3.84. The lowest BCUT2D eigenvalue weighted by Gasteiger charge is -2.12. The second kappa shape index (κ2) is 6.16. The topological polar surface area (TPSA) is 61.2 Å². The number of carbonyl (C=O) groups is 2. The Bertz CT molecular complexity index is 988. The molecule has 0 saturated carbocycles. The van der Waals surface area contributed by atoms with Gasteiger partial charge in [0.25, 0.3) is 0 Å². The van der Waals surface area contributed by atoms with Crippen LogP contribution >= 0.6 is 0 Å². The van der Waals surface area contributed by atoms with E-state index < -0.39 is 5.97 Å². The number of hydrogen-bond acceptors (Lipinski definition) is 4. The standard InChI is InChI=1S/C20H18N2O3/c1-22-11-5-10-17(22)18(23)12-25-20(24)19-13-6-2-3-8-15(13)21-16-9-4-7-14(16)19/h2-3,5-6,8,10-11H,4,7,9,12H2,1H3. The van der Waals surface area contributed by atoms with E-state index in [0.717, 1.165) is 41.4 Å². The summed E-state index contributed by atoms with van der Waals surface area (Å²) in [5.74, 6) is -0.657. The van der Waals surface area contributed by atoms with Gasteiger partial charge < -0.3 is 9.30 Å². The number of aromatic nitrogens is 2. The first-order chi connectivity index (χ1) is 12.1. The molecule has 5 heteroatoms. The van der Waals surface area contributed by atoms with Gasteiger partial charge in [0.05, 0.1) is 16.8 Å². The highest BCUT2D eigenvalue weighted by Gasteiger charge is 2.25. The third-order valence-corrected chi connectivity index (χ3v) is 4.69. The second-order valence-electron chi connectivity index (χ2n) is 6.29. The van der Waals surface area contributed by atoms with Crippen LogP contribution in [-0.2, 0) is 24.6 Å². The lowest BCUT2D eigenvalue weighted by molar-refractivity contribution is 0.0473. The summed E-state index contributed by atoms with van der Waals surface area (Å²) in [6.45, 7) is -0.262. The Labute approximate surface area is 145 Å². The largest absolute Gasteiger partial charge is 0.454 e. The van der Waals surface area contributed by atoms with Crippen LogP contribution in [0.4, 0.5) is 0 Å². The quantitative estimate of drug-likeness (QED) is 0.543. The summed E-state index contributed by atoms with van der Waals surface area (Å²) in [6.07, 6.45) is 4.48. The molecule has 0 aliphatic heterocycles. The van der Waals surface area contributed by atoms with Gasteiger partial charge >= 0.3 is 5.97 Å². The van der Waals surface area contributed by atoms with Gasteiger partial charge in [0, 0.05) is 24.3 Å². The van der Waals surface area contributed by atoms with Crippen molar-refractivity contribution in [1.82, 2.24) is 9.55 Å². The molecule has 126 valence electrons. The second-order valence-corrected chi connectivity index (χ2v) is 6.29. The minimum atomic E-state index is -0.445. The fraction of sp³-hybridized carbons (Fsp3) is 0.250. The highest BCUT2D eigenvalue weighted by Crippen LogP contribution is 2.30. The van der Waals surface area contributed by atoms with Crippen molar-refractivity contribution in [2.24, 2.45) is 7.05 Å². The van der Waals surface area contributed by atoms with E-state index in [1.54, 1.807) is 29.9 Å². The van der Waals surface area contributed by atoms with Crippen LogP contribution in [-0.4, -0.2) is 27.9 Å². The molecule has 5 nitrogen and oxygen atoms in total. The van der Waals surface area contributed by atoms with Crippen molar-refractivity contribution in [3.8, 4) is 0 Å². The first kappa shape index (κ1) is 15.6. The molecule has 0 fully saturated rings. The number of rotatable bonds is 4. The molecule has 0 amide bonds. The van der Waals surface area contributed by atoms with E-state index in [9.17, 15) is 9.59 Å². The first-order valence-electron chi connectivity index (χ1n) is 8.37. The lowest BCUT2D eigenvalue weighted by Crippen LogP contribution is -2.18. The Hall–Kier alpha value is -2.95. The van der Waals surface area contributed by atoms with Crippen molar-refractivity contribution < 1.29 is 14.3 Å². The molecule has 0 spiro atoms. The number of Topliss-reactive ketones (excluding diaryl/α,β-unsaturated/α-hetero) is 1. The number of fused-ring (bicyclic) bond motifs is 2. The Balaban J connectivity index is 1.64. The summed E-state index contributed by atoms with van der Waals surface area (Å²) in [4.78, 5) is 29.7. The molecule has 2 aromatic heterocycles. The smallest absolute Gasteiger partial charge is 0.339 e. The molecule has 1 aromatic carbocycles. The van der Waals surface area contributed by atoms with Crippen molar-refractivity contribution in [2.45, 2.75) is 19.3 Å². The van der Waals surface area contributed by atoms with Crippen LogP contribution in [0.3, 0.4) is 0 Å². The average Bonchev–Trinajstić information content (AvgIpc) is 3.25. The van der Waals surface area contributed by atoms with Gasteiger partial charge in [-0.25, -0.2) is 4.79 Å². The molecule has 0 unspecified atom stereocenters. The van der Waals surface area contributed by atoms with Gasteiger partial charge in [-0.3, -0.25) is 9.78 Å². The molecule has 3 aromatic rings. The third-order valence-electron chi connectivity index (χ3n) is 4.69. The van der Waals surface area contributed by atoms with E-state index >= 15 is 0 Å². The number of nitrogens with zero attached hydrogens (tertiary/aromatic N) is 2. The van der Waals surface area contributed by atoms with Crippen molar-refractivity contribution in [1.29, 1.82) is 0 Å². The highest BCUT2D eigenvalue weighted by atomic mass is 16.5. The van der Waals surface area contributed by atoms with Crippen molar-refractivity contribution in [2.75, 3.05) is 6.61 Å². The molecular weight excluding hydrogens is 316 g/mol. The molecule has 0 atom stereocenters. The Morgan fingerprint density at radius 1 is 1.16 bits per heavy atom. The monoisotopic (exact) mass is 334 g/mol. The summed E-state index contributed by atoms with van der Waals surface area (Å²) < 4.78 is 7.09. The van der Waals surface area contributed by atoms with E-state index in [2.05, 4.69) is 4.98 Å². The van der Waals surface area contributed by atoms with Gasteiger partial charge in [0.15, 0.2) is 6.61 Å². The van der Waals surface area contributed by atoms with Crippen LogP contribution in [0.15, 0.2) is 42.6 Å². The van der Waals surface area contributed by atoms with Crippen molar-refractivity contribution >= 4 is 22.7 Å². The SMILES string of the molecule is Cn1cccc1C(=O)COC(=O)c1c2c(nc3ccccc13)CCC2. The van der Waals surface area contributed by atoms with Gasteiger partial charge in [0.1, 0.15) is 0 Å². The number of hydrogen-bond donors (Lipinski definition) is 0. The van der Waals surface area contributed by atoms with Crippen LogP contribution in [0.25, 0.3) is 10.9 Å². The number of pyridine rings is 1. The Morgan fingerprint density at radius 2 is 2.00 bits per heavy atom. The lowest BCUT2D eigenvalue weighted by atomic mass is 10.0. The zero-order valence-corrected chi connectivity index (χ0v) is 14.0. The summed E-state index contributed by atoms with van der Waals surface area (Å²) in [7, 11) is 1.79. The fourth-order valence-corrected chi connectivity index (χ4v) is 3.47. The van der Waals surface area contributed by atoms with Gasteiger partial charge in [-0.1, -0.05) is 18.2 Å². The van der Waals surface area contributed by atoms with E-state index in [1.165, 1.54) is 0 Å². The normalized spacial score (nSPS) is 13.0. The summed E-state index contributed by atoms with van der Waals surface area (Å²) in [5.41, 5.74) is 3.83. The maximum absolute atomic E-state index is 12.8. The molecule has 25 heavy (non-hydrogen) atoms. The molecular formula is C20H18N2O3. The minimum absolute atomic E-state index is 0.212. The number of ketones is 1. The fourth-order valence-electron chi connectivity index (χ4n) is 3.47. The molecule has 1 aliphatic rings. The summed E-state index contributed by atoms with van der Waals surface area (Å²) >= 11 is 0. The van der Waals surface area contributed by atoms with E-state index in [4.69, 9.17) is 4.74 Å².